The van der Waals surface area contributed by atoms with Crippen molar-refractivity contribution >= 4 is 6.20 Å². The number of aliphatic hydroxyl groups is 1. The predicted octanol–water partition coefficient (Wildman–Crippen LogP) is -0.477. The Kier molecular flexibility index (Phi) is 1.91. The van der Waals surface area contributed by atoms with Gasteiger partial charge in [-0.2, -0.15) is 0 Å². The largest absolute Gasteiger partial charge is 0.514 e. The molecule has 0 saturated heterocycles. The van der Waals surface area contributed by atoms with Crippen molar-refractivity contribution in [3.63, 3.8) is 0 Å². The first kappa shape index (κ1) is 7.33. The van der Waals surface area contributed by atoms with E-state index in [4.69, 9.17) is 5.11 Å². The van der Waals surface area contributed by atoms with Crippen molar-refractivity contribution in [3.05, 3.63) is 39.4 Å². The second-order valence-corrected chi connectivity index (χ2v) is 1.82. The average molecular weight is 154 g/mol. The maximum absolute atomic E-state index is 10.8. The molecule has 0 aromatic carbocycles. The molecule has 0 aliphatic carbocycles. The van der Waals surface area contributed by atoms with Crippen molar-refractivity contribution in [2.45, 2.75) is 0 Å². The second-order valence-electron chi connectivity index (χ2n) is 1.82. The quantitative estimate of drug-likeness (QED) is 0.536. The van der Waals surface area contributed by atoms with E-state index in [2.05, 4.69) is 0 Å². The molecule has 0 atom stereocenters. The summed E-state index contributed by atoms with van der Waals surface area (Å²) >= 11 is 0. The van der Waals surface area contributed by atoms with Crippen molar-refractivity contribution in [3.8, 4) is 0 Å². The minimum Gasteiger partial charge on any atom is -0.514 e. The summed E-state index contributed by atoms with van der Waals surface area (Å²) in [5.74, 6) is 0. The topological polar surface area (TPSA) is 75.1 Å². The van der Waals surface area contributed by atoms with Crippen LogP contribution in [-0.2, 0) is 0 Å². The lowest BCUT2D eigenvalue weighted by Crippen LogP contribution is -2.25. The van der Waals surface area contributed by atoms with Crippen LogP contribution in [0.15, 0.2) is 28.1 Å². The molecular formula is C6H6N2O3. The van der Waals surface area contributed by atoms with Crippen molar-refractivity contribution in [2.24, 2.45) is 0 Å². The molecule has 58 valence electrons. The third-order valence-electron chi connectivity index (χ3n) is 1.08. The number of H-pyrrole nitrogens is 1. The fourth-order valence-electron chi connectivity index (χ4n) is 0.617. The van der Waals surface area contributed by atoms with E-state index in [1.54, 1.807) is 0 Å². The minimum atomic E-state index is -0.581. The van der Waals surface area contributed by atoms with Crippen LogP contribution in [0, 0.1) is 0 Å². The molecule has 1 aromatic heterocycles. The molecule has 0 unspecified atom stereocenters. The highest BCUT2D eigenvalue weighted by atomic mass is 16.2. The Hall–Kier alpha value is -1.78. The SMILES string of the molecule is O=c1ccn(C=CO)c(=O)[nH]1. The highest BCUT2D eigenvalue weighted by molar-refractivity contribution is 5.17. The molecule has 1 aromatic rings. The fourth-order valence-corrected chi connectivity index (χ4v) is 0.617. The molecule has 5 nitrogen and oxygen atoms in total. The lowest BCUT2D eigenvalue weighted by molar-refractivity contribution is 0.475. The van der Waals surface area contributed by atoms with E-state index in [1.165, 1.54) is 12.3 Å². The van der Waals surface area contributed by atoms with Gasteiger partial charge < -0.3 is 5.11 Å². The fraction of sp³-hybridized carbons (Fsp3) is 0. The summed E-state index contributed by atoms with van der Waals surface area (Å²) in [5.41, 5.74) is -1.04. The summed E-state index contributed by atoms with van der Waals surface area (Å²) < 4.78 is 1.04. The van der Waals surface area contributed by atoms with E-state index in [0.29, 0.717) is 6.26 Å². The molecule has 0 aliphatic heterocycles. The molecule has 0 aliphatic rings. The Morgan fingerprint density at radius 3 is 2.82 bits per heavy atom. The molecule has 0 amide bonds. The van der Waals surface area contributed by atoms with Gasteiger partial charge in [0.1, 0.15) is 0 Å². The van der Waals surface area contributed by atoms with Gasteiger partial charge in [-0.3, -0.25) is 14.3 Å². The van der Waals surface area contributed by atoms with E-state index in [0.717, 1.165) is 10.8 Å². The Labute approximate surface area is 61.2 Å². The Morgan fingerprint density at radius 2 is 2.27 bits per heavy atom. The maximum Gasteiger partial charge on any atom is 0.332 e. The Bertz CT molecular complexity index is 374. The number of aromatic nitrogens is 2. The number of nitrogens with one attached hydrogen (secondary N) is 1. The Balaban J connectivity index is 3.31. The zero-order valence-electron chi connectivity index (χ0n) is 5.52. The van der Waals surface area contributed by atoms with Crippen LogP contribution in [0.2, 0.25) is 0 Å². The van der Waals surface area contributed by atoms with Gasteiger partial charge >= 0.3 is 5.69 Å². The normalized spacial score (nSPS) is 10.5. The van der Waals surface area contributed by atoms with Gasteiger partial charge in [0.15, 0.2) is 0 Å². The molecule has 0 fully saturated rings. The second kappa shape index (κ2) is 2.87. The number of hydrogen-bond acceptors (Lipinski definition) is 3. The van der Waals surface area contributed by atoms with Crippen LogP contribution in [0.3, 0.4) is 0 Å². The number of rotatable bonds is 1. The third-order valence-corrected chi connectivity index (χ3v) is 1.08. The van der Waals surface area contributed by atoms with Gasteiger partial charge in [0.25, 0.3) is 5.56 Å². The molecule has 5 heteroatoms. The van der Waals surface area contributed by atoms with Crippen LogP contribution >= 0.6 is 0 Å². The van der Waals surface area contributed by atoms with Crippen molar-refractivity contribution in [1.29, 1.82) is 0 Å². The van der Waals surface area contributed by atoms with Crippen LogP contribution in [0.5, 0.6) is 0 Å². The first-order chi connectivity index (χ1) is 5.24. The van der Waals surface area contributed by atoms with Crippen LogP contribution in [0.25, 0.3) is 6.20 Å². The number of hydrogen-bond donors (Lipinski definition) is 2. The van der Waals surface area contributed by atoms with Crippen molar-refractivity contribution in [2.75, 3.05) is 0 Å². The zero-order chi connectivity index (χ0) is 8.27. The van der Waals surface area contributed by atoms with Gasteiger partial charge in [-0.25, -0.2) is 4.79 Å². The first-order valence-corrected chi connectivity index (χ1v) is 2.86. The standard InChI is InChI=1S/C6H6N2O3/c9-4-3-8-2-1-5(10)7-6(8)11/h1-4,9H,(H,7,10,11). The van der Waals surface area contributed by atoms with Crippen molar-refractivity contribution in [1.82, 2.24) is 9.55 Å². The zero-order valence-corrected chi connectivity index (χ0v) is 5.52. The van der Waals surface area contributed by atoms with Gasteiger partial charge in [-0.05, 0) is 0 Å². The number of nitrogens with zero attached hydrogens (tertiary/aromatic N) is 1. The van der Waals surface area contributed by atoms with E-state index in [1.807, 2.05) is 4.98 Å². The molecule has 0 saturated carbocycles. The minimum absolute atomic E-state index is 0.461. The summed E-state index contributed by atoms with van der Waals surface area (Å²) in [6, 6.07) is 1.18. The first-order valence-electron chi connectivity index (χ1n) is 2.86. The highest BCUT2D eigenvalue weighted by Crippen LogP contribution is 1.74. The molecular weight excluding hydrogens is 148 g/mol. The molecule has 0 bridgehead atoms. The van der Waals surface area contributed by atoms with Gasteiger partial charge in [-0.1, -0.05) is 0 Å². The number of aromatic amines is 1. The monoisotopic (exact) mass is 154 g/mol. The molecule has 1 heterocycles. The van der Waals surface area contributed by atoms with Crippen LogP contribution in [-0.4, -0.2) is 14.7 Å². The van der Waals surface area contributed by atoms with Crippen LogP contribution in [0.4, 0.5) is 0 Å². The van der Waals surface area contributed by atoms with Gasteiger partial charge in [0.05, 0.1) is 6.26 Å². The predicted molar refractivity (Wildman–Crippen MR) is 39.3 cm³/mol. The summed E-state index contributed by atoms with van der Waals surface area (Å²) in [6.07, 6.45) is 3.09. The summed E-state index contributed by atoms with van der Waals surface area (Å²) in [6.45, 7) is 0. The Morgan fingerprint density at radius 1 is 1.55 bits per heavy atom. The molecule has 2 N–H and O–H groups in total. The van der Waals surface area contributed by atoms with Crippen LogP contribution in [0.1, 0.15) is 0 Å². The van der Waals surface area contributed by atoms with Gasteiger partial charge in [0.2, 0.25) is 0 Å². The van der Waals surface area contributed by atoms with E-state index < -0.39 is 11.2 Å². The molecule has 0 spiro atoms. The van der Waals surface area contributed by atoms with E-state index in [9.17, 15) is 9.59 Å². The molecule has 11 heavy (non-hydrogen) atoms. The lowest BCUT2D eigenvalue weighted by atomic mass is 10.6. The van der Waals surface area contributed by atoms with Gasteiger partial charge in [-0.15, -0.1) is 0 Å². The molecule has 0 radical (unpaired) electrons. The highest BCUT2D eigenvalue weighted by Gasteiger charge is 1.89. The smallest absolute Gasteiger partial charge is 0.332 e. The van der Waals surface area contributed by atoms with Crippen LogP contribution < -0.4 is 11.2 Å². The van der Waals surface area contributed by atoms with E-state index >= 15 is 0 Å². The lowest BCUT2D eigenvalue weighted by Gasteiger charge is -1.92. The summed E-state index contributed by atoms with van der Waals surface area (Å²) in [5, 5.41) is 8.28. The average Bonchev–Trinajstić information content (AvgIpc) is 1.95. The third kappa shape index (κ3) is 1.57. The summed E-state index contributed by atoms with van der Waals surface area (Å²) in [7, 11) is 0. The summed E-state index contributed by atoms with van der Waals surface area (Å²) in [4.78, 5) is 23.3. The molecule has 1 rings (SSSR count). The van der Waals surface area contributed by atoms with Gasteiger partial charge in [0, 0.05) is 18.5 Å². The van der Waals surface area contributed by atoms with Crippen molar-refractivity contribution < 1.29 is 5.11 Å². The maximum atomic E-state index is 10.8. The van der Waals surface area contributed by atoms with E-state index in [-0.39, 0.29) is 0 Å². The number of aliphatic hydroxyl groups excluding tert-OH is 1.